The van der Waals surface area contributed by atoms with Crippen LogP contribution in [0.5, 0.6) is 5.75 Å². The van der Waals surface area contributed by atoms with E-state index in [2.05, 4.69) is 70.2 Å². The Balaban J connectivity index is 1.24. The van der Waals surface area contributed by atoms with Gasteiger partial charge in [0.25, 0.3) is 0 Å². The van der Waals surface area contributed by atoms with Crippen LogP contribution < -0.4 is 10.2 Å². The van der Waals surface area contributed by atoms with Gasteiger partial charge in [0, 0.05) is 24.6 Å². The molecule has 2 aliphatic heterocycles. The molecule has 2 aromatic carbocycles. The summed E-state index contributed by atoms with van der Waals surface area (Å²) in [6.07, 6.45) is 5.73. The molecule has 3 aromatic rings. The van der Waals surface area contributed by atoms with Crippen LogP contribution in [-0.4, -0.2) is 47.8 Å². The van der Waals surface area contributed by atoms with Crippen LogP contribution >= 0.6 is 0 Å². The standard InChI is InChI=1S/C27H32N4O/c1-20(21-6-4-3-5-7-21)18-30-16-13-22(14-17-30)25-12-15-28-31-19-26(29-27(25)31)23-8-10-24(32-2)11-9-23/h3-11,19,22,25,28H,1,12-18H2,2H3. The molecule has 1 saturated heterocycles. The van der Waals surface area contributed by atoms with E-state index in [0.29, 0.717) is 11.8 Å². The van der Waals surface area contributed by atoms with Gasteiger partial charge in [-0.1, -0.05) is 36.9 Å². The number of fused-ring (bicyclic) bond motifs is 1. The number of methoxy groups -OCH3 is 1. The second kappa shape index (κ2) is 9.21. The first-order chi connectivity index (χ1) is 15.7. The molecule has 5 nitrogen and oxygen atoms in total. The summed E-state index contributed by atoms with van der Waals surface area (Å²) >= 11 is 0. The van der Waals surface area contributed by atoms with Crippen LogP contribution in [-0.2, 0) is 0 Å². The molecule has 5 rings (SSSR count). The Morgan fingerprint density at radius 1 is 1.06 bits per heavy atom. The topological polar surface area (TPSA) is 42.3 Å². The molecule has 2 aliphatic rings. The summed E-state index contributed by atoms with van der Waals surface area (Å²) in [6, 6.07) is 18.7. The van der Waals surface area contributed by atoms with E-state index in [1.807, 2.05) is 12.1 Å². The minimum Gasteiger partial charge on any atom is -0.497 e. The summed E-state index contributed by atoms with van der Waals surface area (Å²) in [5, 5.41) is 0. The first-order valence-electron chi connectivity index (χ1n) is 11.6. The Hall–Kier alpha value is -3.05. The largest absolute Gasteiger partial charge is 0.497 e. The van der Waals surface area contributed by atoms with Crippen molar-refractivity contribution in [2.24, 2.45) is 5.92 Å². The van der Waals surface area contributed by atoms with E-state index < -0.39 is 0 Å². The zero-order chi connectivity index (χ0) is 21.9. The zero-order valence-corrected chi connectivity index (χ0v) is 18.8. The lowest BCUT2D eigenvalue weighted by atomic mass is 9.81. The third kappa shape index (κ3) is 4.30. The summed E-state index contributed by atoms with van der Waals surface area (Å²) in [6.45, 7) is 8.55. The van der Waals surface area contributed by atoms with E-state index in [1.165, 1.54) is 29.8 Å². The lowest BCUT2D eigenvalue weighted by molar-refractivity contribution is 0.175. The number of rotatable bonds is 6. The molecule has 0 spiro atoms. The molecule has 3 heterocycles. The molecule has 0 amide bonds. The number of nitrogens with one attached hydrogen (secondary N) is 1. The highest BCUT2D eigenvalue weighted by Crippen LogP contribution is 2.37. The van der Waals surface area contributed by atoms with Gasteiger partial charge >= 0.3 is 0 Å². The summed E-state index contributed by atoms with van der Waals surface area (Å²) in [7, 11) is 1.70. The van der Waals surface area contributed by atoms with Crippen LogP contribution in [0.4, 0.5) is 0 Å². The highest BCUT2D eigenvalue weighted by Gasteiger charge is 2.33. The van der Waals surface area contributed by atoms with E-state index in [4.69, 9.17) is 9.72 Å². The number of piperidine rings is 1. The molecule has 1 aromatic heterocycles. The highest BCUT2D eigenvalue weighted by atomic mass is 16.5. The van der Waals surface area contributed by atoms with Crippen molar-refractivity contribution in [3.63, 3.8) is 0 Å². The maximum Gasteiger partial charge on any atom is 0.131 e. The fourth-order valence-corrected chi connectivity index (χ4v) is 5.15. The molecular formula is C27H32N4O. The Bertz CT molecular complexity index is 1050. The zero-order valence-electron chi connectivity index (χ0n) is 18.8. The van der Waals surface area contributed by atoms with Crippen molar-refractivity contribution in [2.75, 3.05) is 38.7 Å². The van der Waals surface area contributed by atoms with E-state index in [9.17, 15) is 0 Å². The maximum atomic E-state index is 5.29. The number of hydrogen-bond donors (Lipinski definition) is 1. The number of aromatic nitrogens is 2. The van der Waals surface area contributed by atoms with Crippen LogP contribution in [0.1, 0.15) is 36.6 Å². The van der Waals surface area contributed by atoms with E-state index in [0.717, 1.165) is 49.6 Å². The third-order valence-corrected chi connectivity index (χ3v) is 6.99. The molecular weight excluding hydrogens is 396 g/mol. The molecule has 1 fully saturated rings. The molecule has 0 bridgehead atoms. The van der Waals surface area contributed by atoms with Crippen molar-refractivity contribution in [1.82, 2.24) is 14.6 Å². The number of nitrogens with zero attached hydrogens (tertiary/aromatic N) is 3. The van der Waals surface area contributed by atoms with Crippen molar-refractivity contribution in [1.29, 1.82) is 0 Å². The quantitative estimate of drug-likeness (QED) is 0.599. The highest BCUT2D eigenvalue weighted by molar-refractivity contribution is 5.64. The van der Waals surface area contributed by atoms with Gasteiger partial charge in [-0.15, -0.1) is 0 Å². The van der Waals surface area contributed by atoms with E-state index >= 15 is 0 Å². The van der Waals surface area contributed by atoms with Crippen molar-refractivity contribution in [3.8, 4) is 17.0 Å². The van der Waals surface area contributed by atoms with Gasteiger partial charge in [-0.2, -0.15) is 0 Å². The third-order valence-electron chi connectivity index (χ3n) is 6.99. The number of benzene rings is 2. The van der Waals surface area contributed by atoms with E-state index in [-0.39, 0.29) is 0 Å². The summed E-state index contributed by atoms with van der Waals surface area (Å²) < 4.78 is 7.46. The molecule has 166 valence electrons. The molecule has 5 heteroatoms. The number of hydrogen-bond acceptors (Lipinski definition) is 4. The lowest BCUT2D eigenvalue weighted by Crippen LogP contribution is -2.39. The Morgan fingerprint density at radius 3 is 2.53 bits per heavy atom. The van der Waals surface area contributed by atoms with Crippen LogP contribution in [0.3, 0.4) is 0 Å². The number of likely N-dealkylation sites (tertiary alicyclic amines) is 1. The monoisotopic (exact) mass is 428 g/mol. The van der Waals surface area contributed by atoms with Gasteiger partial charge < -0.3 is 10.2 Å². The predicted octanol–water partition coefficient (Wildman–Crippen LogP) is 5.01. The second-order valence-corrected chi connectivity index (χ2v) is 8.97. The van der Waals surface area contributed by atoms with Gasteiger partial charge in [-0.05, 0) is 73.7 Å². The van der Waals surface area contributed by atoms with Gasteiger partial charge in [0.2, 0.25) is 0 Å². The smallest absolute Gasteiger partial charge is 0.131 e. The summed E-state index contributed by atoms with van der Waals surface area (Å²) in [5.74, 6) is 3.26. The Kier molecular flexibility index (Phi) is 5.99. The molecule has 0 saturated carbocycles. The number of imidazole rings is 1. The Morgan fingerprint density at radius 2 is 1.81 bits per heavy atom. The predicted molar refractivity (Wildman–Crippen MR) is 130 cm³/mol. The fourth-order valence-electron chi connectivity index (χ4n) is 5.15. The second-order valence-electron chi connectivity index (χ2n) is 8.97. The van der Waals surface area contributed by atoms with Crippen LogP contribution in [0.15, 0.2) is 67.4 Å². The maximum absolute atomic E-state index is 5.29. The van der Waals surface area contributed by atoms with Crippen molar-refractivity contribution < 1.29 is 4.74 Å². The molecule has 32 heavy (non-hydrogen) atoms. The van der Waals surface area contributed by atoms with Crippen LogP contribution in [0.25, 0.3) is 16.8 Å². The van der Waals surface area contributed by atoms with E-state index in [1.54, 1.807) is 7.11 Å². The normalized spacial score (nSPS) is 19.2. The SMILES string of the molecule is C=C(CN1CCC(C2CCNn3cc(-c4ccc(OC)cc4)nc32)CC1)c1ccccc1. The summed E-state index contributed by atoms with van der Waals surface area (Å²) in [4.78, 5) is 7.63. The Labute approximate surface area is 190 Å². The van der Waals surface area contributed by atoms with Gasteiger partial charge in [-0.25, -0.2) is 4.98 Å². The van der Waals surface area contributed by atoms with Crippen LogP contribution in [0, 0.1) is 5.92 Å². The fraction of sp³-hybridized carbons (Fsp3) is 0.370. The first kappa shape index (κ1) is 20.8. The molecule has 1 unspecified atom stereocenters. The molecule has 1 N–H and O–H groups in total. The lowest BCUT2D eigenvalue weighted by Gasteiger charge is -2.38. The average molecular weight is 429 g/mol. The average Bonchev–Trinajstić information content (AvgIpc) is 3.30. The minimum atomic E-state index is 0.516. The van der Waals surface area contributed by atoms with Gasteiger partial charge in [0.15, 0.2) is 0 Å². The minimum absolute atomic E-state index is 0.516. The van der Waals surface area contributed by atoms with Crippen LogP contribution in [0.2, 0.25) is 0 Å². The van der Waals surface area contributed by atoms with Crippen molar-refractivity contribution in [3.05, 3.63) is 78.8 Å². The molecule has 0 aliphatic carbocycles. The van der Waals surface area contributed by atoms with Gasteiger partial charge in [0.05, 0.1) is 19.0 Å². The van der Waals surface area contributed by atoms with Gasteiger partial charge in [-0.3, -0.25) is 9.58 Å². The summed E-state index contributed by atoms with van der Waals surface area (Å²) in [5.41, 5.74) is 8.12. The molecule has 0 radical (unpaired) electrons. The molecule has 1 atom stereocenters. The first-order valence-corrected chi connectivity index (χ1v) is 11.6. The van der Waals surface area contributed by atoms with Crippen molar-refractivity contribution in [2.45, 2.75) is 25.2 Å². The number of ether oxygens (including phenoxy) is 1. The van der Waals surface area contributed by atoms with Crippen molar-refractivity contribution >= 4 is 5.57 Å². The van der Waals surface area contributed by atoms with Gasteiger partial charge in [0.1, 0.15) is 11.6 Å².